The maximum Gasteiger partial charge on any atom is 0.357 e. The lowest BCUT2D eigenvalue weighted by molar-refractivity contribution is -0.387. The maximum absolute atomic E-state index is 12.8. The predicted octanol–water partition coefficient (Wildman–Crippen LogP) is 2.37. The zero-order valence-electron chi connectivity index (χ0n) is 16.7. The van der Waals surface area contributed by atoms with E-state index in [9.17, 15) is 24.5 Å². The number of ether oxygens (including phenoxy) is 1. The fourth-order valence-electron chi connectivity index (χ4n) is 2.90. The minimum Gasteiger partial charge on any atom is -0.482 e. The number of hydrogen-bond acceptors (Lipinski definition) is 6. The molecule has 0 bridgehead atoms. The van der Waals surface area contributed by atoms with Crippen molar-refractivity contribution in [3.05, 3.63) is 66.5 Å². The molecule has 0 fully saturated rings. The first-order valence-electron chi connectivity index (χ1n) is 9.44. The standard InChI is InChI=1S/C20H23N3O7/c1-3-11-21-16(18(23(28)29)19(26)22(12-4-2)20(21)27)10-7-14-5-8-15(9-6-14)30-13-17(24)25/h5-10H,3-4,11-13H2,1-2H3,(H,24,25). The molecule has 0 saturated carbocycles. The van der Waals surface area contributed by atoms with Crippen molar-refractivity contribution in [3.63, 3.8) is 0 Å². The van der Waals surface area contributed by atoms with Crippen molar-refractivity contribution in [1.29, 1.82) is 0 Å². The minimum absolute atomic E-state index is 0.0598. The average molecular weight is 417 g/mol. The van der Waals surface area contributed by atoms with Crippen LogP contribution in [0.2, 0.25) is 0 Å². The third-order valence-electron chi connectivity index (χ3n) is 4.20. The Kier molecular flexibility index (Phi) is 7.68. The van der Waals surface area contributed by atoms with Crippen LogP contribution >= 0.6 is 0 Å². The lowest BCUT2D eigenvalue weighted by Crippen LogP contribution is -2.42. The van der Waals surface area contributed by atoms with Gasteiger partial charge < -0.3 is 9.84 Å². The molecule has 0 spiro atoms. The number of carboxylic acids is 1. The van der Waals surface area contributed by atoms with Crippen molar-refractivity contribution < 1.29 is 19.6 Å². The van der Waals surface area contributed by atoms with Gasteiger partial charge in [-0.15, -0.1) is 0 Å². The summed E-state index contributed by atoms with van der Waals surface area (Å²) in [6.45, 7) is 3.46. The Morgan fingerprint density at radius 3 is 2.23 bits per heavy atom. The van der Waals surface area contributed by atoms with Gasteiger partial charge in [0.1, 0.15) is 11.4 Å². The molecular formula is C20H23N3O7. The highest BCUT2D eigenvalue weighted by atomic mass is 16.6. The van der Waals surface area contributed by atoms with Crippen molar-refractivity contribution >= 4 is 23.8 Å². The van der Waals surface area contributed by atoms with Crippen LogP contribution in [0.4, 0.5) is 5.69 Å². The molecule has 160 valence electrons. The number of aromatic nitrogens is 2. The molecule has 0 aliphatic heterocycles. The fraction of sp³-hybridized carbons (Fsp3) is 0.350. The van der Waals surface area contributed by atoms with E-state index in [0.29, 0.717) is 24.2 Å². The number of benzene rings is 1. The smallest absolute Gasteiger partial charge is 0.357 e. The highest BCUT2D eigenvalue weighted by Gasteiger charge is 2.25. The van der Waals surface area contributed by atoms with Crippen LogP contribution in [-0.4, -0.2) is 31.7 Å². The van der Waals surface area contributed by atoms with E-state index in [1.165, 1.54) is 10.6 Å². The fourth-order valence-corrected chi connectivity index (χ4v) is 2.90. The lowest BCUT2D eigenvalue weighted by atomic mass is 10.1. The van der Waals surface area contributed by atoms with Crippen molar-refractivity contribution in [3.8, 4) is 5.75 Å². The van der Waals surface area contributed by atoms with Crippen molar-refractivity contribution in [2.75, 3.05) is 6.61 Å². The number of carboxylic acid groups (broad SMARTS) is 1. The Balaban J connectivity index is 2.51. The van der Waals surface area contributed by atoms with Crippen LogP contribution in [0.25, 0.3) is 12.2 Å². The largest absolute Gasteiger partial charge is 0.482 e. The van der Waals surface area contributed by atoms with Gasteiger partial charge in [0.05, 0.1) is 4.92 Å². The molecule has 1 aromatic carbocycles. The van der Waals surface area contributed by atoms with Gasteiger partial charge in [0, 0.05) is 13.1 Å². The monoisotopic (exact) mass is 417 g/mol. The summed E-state index contributed by atoms with van der Waals surface area (Å²) in [5.74, 6) is -0.747. The summed E-state index contributed by atoms with van der Waals surface area (Å²) in [4.78, 5) is 46.8. The van der Waals surface area contributed by atoms with E-state index < -0.39 is 34.4 Å². The number of nitrogens with zero attached hydrogens (tertiary/aromatic N) is 3. The van der Waals surface area contributed by atoms with Gasteiger partial charge in [0.25, 0.3) is 0 Å². The Labute approximate surface area is 171 Å². The molecule has 10 nitrogen and oxygen atoms in total. The number of hydrogen-bond donors (Lipinski definition) is 1. The van der Waals surface area contributed by atoms with Crippen LogP contribution in [0.3, 0.4) is 0 Å². The van der Waals surface area contributed by atoms with Gasteiger partial charge in [0.2, 0.25) is 0 Å². The third kappa shape index (κ3) is 5.22. The topological polar surface area (TPSA) is 134 Å². The van der Waals surface area contributed by atoms with Gasteiger partial charge in [-0.3, -0.25) is 24.0 Å². The zero-order valence-corrected chi connectivity index (χ0v) is 16.7. The summed E-state index contributed by atoms with van der Waals surface area (Å²) in [5.41, 5.74) is -1.58. The number of carbonyl (C=O) groups is 1. The van der Waals surface area contributed by atoms with E-state index in [-0.39, 0.29) is 18.8 Å². The van der Waals surface area contributed by atoms with Gasteiger partial charge in [-0.2, -0.15) is 0 Å². The number of aliphatic carboxylic acids is 1. The van der Waals surface area contributed by atoms with E-state index in [2.05, 4.69) is 0 Å². The summed E-state index contributed by atoms with van der Waals surface area (Å²) in [6, 6.07) is 6.35. The number of rotatable bonds is 10. The highest BCUT2D eigenvalue weighted by Crippen LogP contribution is 2.18. The Morgan fingerprint density at radius 1 is 1.10 bits per heavy atom. The van der Waals surface area contributed by atoms with E-state index >= 15 is 0 Å². The summed E-state index contributed by atoms with van der Waals surface area (Å²) in [6.07, 6.45) is 3.96. The Hall–Kier alpha value is -3.69. The molecule has 1 N–H and O–H groups in total. The molecule has 0 amide bonds. The van der Waals surface area contributed by atoms with Gasteiger partial charge >= 0.3 is 22.9 Å². The highest BCUT2D eigenvalue weighted by molar-refractivity contribution is 5.72. The lowest BCUT2D eigenvalue weighted by Gasteiger charge is -2.13. The molecule has 0 aliphatic carbocycles. The minimum atomic E-state index is -1.10. The Bertz CT molecular complexity index is 1070. The third-order valence-corrected chi connectivity index (χ3v) is 4.20. The van der Waals surface area contributed by atoms with Gasteiger partial charge in [-0.05, 0) is 36.6 Å². The SMILES string of the molecule is CCCn1c(C=Cc2ccc(OCC(=O)O)cc2)c([N+](=O)[O-])c(=O)n(CCC)c1=O. The van der Waals surface area contributed by atoms with Crippen molar-refractivity contribution in [1.82, 2.24) is 9.13 Å². The Morgan fingerprint density at radius 2 is 1.70 bits per heavy atom. The van der Waals surface area contributed by atoms with Crippen LogP contribution in [-0.2, 0) is 17.9 Å². The second-order valence-corrected chi connectivity index (χ2v) is 6.47. The molecule has 30 heavy (non-hydrogen) atoms. The van der Waals surface area contributed by atoms with Crippen LogP contribution in [0.5, 0.6) is 5.75 Å². The predicted molar refractivity (Wildman–Crippen MR) is 111 cm³/mol. The molecule has 0 atom stereocenters. The second-order valence-electron chi connectivity index (χ2n) is 6.47. The van der Waals surface area contributed by atoms with Gasteiger partial charge in [0.15, 0.2) is 6.61 Å². The van der Waals surface area contributed by atoms with Crippen molar-refractivity contribution in [2.45, 2.75) is 39.8 Å². The molecule has 0 aliphatic rings. The normalized spacial score (nSPS) is 11.0. The molecule has 2 rings (SSSR count). The quantitative estimate of drug-likeness (QED) is 0.463. The van der Waals surface area contributed by atoms with Crippen LogP contribution in [0.1, 0.15) is 37.9 Å². The number of nitro groups is 1. The van der Waals surface area contributed by atoms with E-state index in [0.717, 1.165) is 4.57 Å². The summed E-state index contributed by atoms with van der Waals surface area (Å²) < 4.78 is 7.20. The summed E-state index contributed by atoms with van der Waals surface area (Å²) in [7, 11) is 0. The first kappa shape index (κ1) is 22.6. The molecule has 10 heteroatoms. The molecule has 0 saturated heterocycles. The molecular weight excluding hydrogens is 394 g/mol. The van der Waals surface area contributed by atoms with Crippen LogP contribution in [0, 0.1) is 10.1 Å². The molecule has 0 radical (unpaired) electrons. The average Bonchev–Trinajstić information content (AvgIpc) is 2.70. The molecule has 1 aromatic heterocycles. The molecule has 2 aromatic rings. The first-order valence-corrected chi connectivity index (χ1v) is 9.44. The first-order chi connectivity index (χ1) is 14.3. The summed E-state index contributed by atoms with van der Waals surface area (Å²) in [5, 5.41) is 20.3. The van der Waals surface area contributed by atoms with E-state index in [1.807, 2.05) is 6.92 Å². The van der Waals surface area contributed by atoms with Gasteiger partial charge in [-0.1, -0.05) is 32.1 Å². The van der Waals surface area contributed by atoms with Crippen LogP contribution < -0.4 is 16.0 Å². The molecule has 1 heterocycles. The van der Waals surface area contributed by atoms with Crippen LogP contribution in [0.15, 0.2) is 33.9 Å². The zero-order chi connectivity index (χ0) is 22.3. The molecule has 0 unspecified atom stereocenters. The van der Waals surface area contributed by atoms with Gasteiger partial charge in [-0.25, -0.2) is 9.59 Å². The van der Waals surface area contributed by atoms with E-state index in [4.69, 9.17) is 9.84 Å². The van der Waals surface area contributed by atoms with Crippen molar-refractivity contribution in [2.24, 2.45) is 0 Å². The van der Waals surface area contributed by atoms with E-state index in [1.54, 1.807) is 37.3 Å². The second kappa shape index (κ2) is 10.2. The summed E-state index contributed by atoms with van der Waals surface area (Å²) >= 11 is 0. The maximum atomic E-state index is 12.8.